The Kier molecular flexibility index (Phi) is 13.4. The molecule has 0 saturated heterocycles. The second-order valence-electron chi connectivity index (χ2n) is 3.47. The van der Waals surface area contributed by atoms with Gasteiger partial charge in [0.05, 0.1) is 6.61 Å². The van der Waals surface area contributed by atoms with Crippen molar-refractivity contribution in [1.29, 1.82) is 0 Å². The van der Waals surface area contributed by atoms with Crippen molar-refractivity contribution in [3.05, 3.63) is 0 Å². The maximum absolute atomic E-state index is 5.58. The summed E-state index contributed by atoms with van der Waals surface area (Å²) in [4.78, 5) is 0. The van der Waals surface area contributed by atoms with Crippen LogP contribution in [0, 0.1) is 0 Å². The van der Waals surface area contributed by atoms with Crippen molar-refractivity contribution in [2.75, 3.05) is 32.2 Å². The van der Waals surface area contributed by atoms with Gasteiger partial charge in [-0.3, -0.25) is 0 Å². The number of ether oxygens (including phenoxy) is 1. The first-order valence-corrected chi connectivity index (χ1v) is 6.29. The number of unbranched alkanes of at least 4 members (excludes halogenated alkanes) is 3. The lowest BCUT2D eigenvalue weighted by Gasteiger charge is -2.04. The maximum atomic E-state index is 5.58. The summed E-state index contributed by atoms with van der Waals surface area (Å²) in [5.74, 6) is 0.804. The van der Waals surface area contributed by atoms with E-state index in [2.05, 4.69) is 12.2 Å². The van der Waals surface area contributed by atoms with Gasteiger partial charge in [0.25, 0.3) is 0 Å². The maximum Gasteiger partial charge on any atom is 0.0590 e. The molecule has 0 aromatic rings. The van der Waals surface area contributed by atoms with Crippen LogP contribution in [0.2, 0.25) is 0 Å². The summed E-state index contributed by atoms with van der Waals surface area (Å²) in [6, 6.07) is 0. The Labute approximate surface area is 93.4 Å². The lowest BCUT2D eigenvalue weighted by atomic mass is 10.2. The highest BCUT2D eigenvalue weighted by atomic mass is 35.5. The molecule has 0 rings (SSSR count). The van der Waals surface area contributed by atoms with E-state index in [0.717, 1.165) is 45.0 Å². The van der Waals surface area contributed by atoms with Crippen LogP contribution >= 0.6 is 11.6 Å². The standard InChI is InChI=1S/C11H24ClNO/c1-2-10-14-11-9-13-8-6-4-3-5-7-12/h13H,2-11H2,1H3. The van der Waals surface area contributed by atoms with Crippen molar-refractivity contribution in [3.63, 3.8) is 0 Å². The Morgan fingerprint density at radius 3 is 2.50 bits per heavy atom. The van der Waals surface area contributed by atoms with E-state index in [1.807, 2.05) is 0 Å². The third-order valence-corrected chi connectivity index (χ3v) is 2.28. The van der Waals surface area contributed by atoms with Gasteiger partial charge in [-0.2, -0.15) is 0 Å². The molecular formula is C11H24ClNO. The molecule has 3 heteroatoms. The highest BCUT2D eigenvalue weighted by molar-refractivity contribution is 6.17. The van der Waals surface area contributed by atoms with E-state index in [-0.39, 0.29) is 0 Å². The number of rotatable bonds is 11. The monoisotopic (exact) mass is 221 g/mol. The fourth-order valence-corrected chi connectivity index (χ4v) is 1.40. The molecular weight excluding hydrogens is 198 g/mol. The zero-order valence-corrected chi connectivity index (χ0v) is 10.1. The molecule has 0 atom stereocenters. The van der Waals surface area contributed by atoms with Crippen molar-refractivity contribution in [3.8, 4) is 0 Å². The minimum atomic E-state index is 0.804. The fourth-order valence-electron chi connectivity index (χ4n) is 1.21. The number of alkyl halides is 1. The van der Waals surface area contributed by atoms with E-state index in [0.29, 0.717) is 0 Å². The normalized spacial score (nSPS) is 10.7. The second kappa shape index (κ2) is 13.2. The van der Waals surface area contributed by atoms with Gasteiger partial charge in [-0.15, -0.1) is 11.6 Å². The molecule has 0 fully saturated rings. The largest absolute Gasteiger partial charge is 0.380 e. The Bertz CT molecular complexity index is 89.3. The molecule has 0 saturated carbocycles. The smallest absolute Gasteiger partial charge is 0.0590 e. The first kappa shape index (κ1) is 14.2. The van der Waals surface area contributed by atoms with Crippen molar-refractivity contribution >= 4 is 11.6 Å². The lowest BCUT2D eigenvalue weighted by Crippen LogP contribution is -2.21. The van der Waals surface area contributed by atoms with Gasteiger partial charge < -0.3 is 10.1 Å². The number of hydrogen-bond acceptors (Lipinski definition) is 2. The average molecular weight is 222 g/mol. The summed E-state index contributed by atoms with van der Waals surface area (Å²) in [6.07, 6.45) is 6.07. The third kappa shape index (κ3) is 12.2. The molecule has 86 valence electrons. The number of halogens is 1. The Morgan fingerprint density at radius 2 is 1.79 bits per heavy atom. The van der Waals surface area contributed by atoms with Gasteiger partial charge in [0.1, 0.15) is 0 Å². The topological polar surface area (TPSA) is 21.3 Å². The zero-order valence-electron chi connectivity index (χ0n) is 9.36. The molecule has 0 aliphatic carbocycles. The van der Waals surface area contributed by atoms with Crippen LogP contribution in [0.15, 0.2) is 0 Å². The minimum Gasteiger partial charge on any atom is -0.380 e. The van der Waals surface area contributed by atoms with Gasteiger partial charge in [-0.25, -0.2) is 0 Å². The molecule has 0 aliphatic rings. The molecule has 0 heterocycles. The van der Waals surface area contributed by atoms with Crippen molar-refractivity contribution in [2.24, 2.45) is 0 Å². The summed E-state index contributed by atoms with van der Waals surface area (Å²) >= 11 is 5.58. The van der Waals surface area contributed by atoms with Gasteiger partial charge in [-0.05, 0) is 25.8 Å². The SMILES string of the molecule is CCCOCCNCCCCCCCl. The predicted molar refractivity (Wildman–Crippen MR) is 63.2 cm³/mol. The van der Waals surface area contributed by atoms with Crippen LogP contribution < -0.4 is 5.32 Å². The molecule has 0 spiro atoms. The zero-order chi connectivity index (χ0) is 10.5. The first-order valence-electron chi connectivity index (χ1n) is 5.76. The van der Waals surface area contributed by atoms with Crippen LogP contribution in [0.1, 0.15) is 39.0 Å². The Hall–Kier alpha value is 0.210. The van der Waals surface area contributed by atoms with E-state index in [4.69, 9.17) is 16.3 Å². The van der Waals surface area contributed by atoms with Crippen LogP contribution in [0.25, 0.3) is 0 Å². The number of nitrogens with one attached hydrogen (secondary N) is 1. The van der Waals surface area contributed by atoms with Gasteiger partial charge in [0.15, 0.2) is 0 Å². The van der Waals surface area contributed by atoms with Crippen LogP contribution in [0.4, 0.5) is 0 Å². The van der Waals surface area contributed by atoms with Crippen molar-refractivity contribution in [1.82, 2.24) is 5.32 Å². The Morgan fingerprint density at radius 1 is 1.00 bits per heavy atom. The molecule has 1 N–H and O–H groups in total. The second-order valence-corrected chi connectivity index (χ2v) is 3.84. The minimum absolute atomic E-state index is 0.804. The molecule has 0 amide bonds. The number of hydrogen-bond donors (Lipinski definition) is 1. The van der Waals surface area contributed by atoms with Crippen LogP contribution in [0.5, 0.6) is 0 Å². The van der Waals surface area contributed by atoms with Gasteiger partial charge in [0.2, 0.25) is 0 Å². The van der Waals surface area contributed by atoms with Crippen molar-refractivity contribution in [2.45, 2.75) is 39.0 Å². The molecule has 0 aliphatic heterocycles. The summed E-state index contributed by atoms with van der Waals surface area (Å²) in [5.41, 5.74) is 0. The summed E-state index contributed by atoms with van der Waals surface area (Å²) in [6.45, 7) is 5.95. The fraction of sp³-hybridized carbons (Fsp3) is 1.00. The van der Waals surface area contributed by atoms with Gasteiger partial charge in [-0.1, -0.05) is 19.8 Å². The van der Waals surface area contributed by atoms with E-state index in [1.165, 1.54) is 19.3 Å². The molecule has 0 aromatic carbocycles. The van der Waals surface area contributed by atoms with E-state index in [1.54, 1.807) is 0 Å². The predicted octanol–water partition coefficient (Wildman–Crippen LogP) is 2.80. The quantitative estimate of drug-likeness (QED) is 0.428. The molecule has 2 nitrogen and oxygen atoms in total. The third-order valence-electron chi connectivity index (χ3n) is 2.01. The molecule has 0 bridgehead atoms. The van der Waals surface area contributed by atoms with Crippen LogP contribution in [0.3, 0.4) is 0 Å². The molecule has 0 unspecified atom stereocenters. The van der Waals surface area contributed by atoms with E-state index in [9.17, 15) is 0 Å². The highest BCUT2D eigenvalue weighted by Gasteiger charge is 1.90. The summed E-state index contributed by atoms with van der Waals surface area (Å²) < 4.78 is 5.35. The molecule has 0 aromatic heterocycles. The van der Waals surface area contributed by atoms with Crippen molar-refractivity contribution < 1.29 is 4.74 Å². The van der Waals surface area contributed by atoms with E-state index >= 15 is 0 Å². The lowest BCUT2D eigenvalue weighted by molar-refractivity contribution is 0.136. The molecule has 0 radical (unpaired) electrons. The first-order chi connectivity index (χ1) is 6.91. The summed E-state index contributed by atoms with van der Waals surface area (Å²) in [5, 5.41) is 3.36. The molecule has 14 heavy (non-hydrogen) atoms. The van der Waals surface area contributed by atoms with Gasteiger partial charge >= 0.3 is 0 Å². The van der Waals surface area contributed by atoms with Crippen LogP contribution in [-0.4, -0.2) is 32.2 Å². The summed E-state index contributed by atoms with van der Waals surface area (Å²) in [7, 11) is 0. The average Bonchev–Trinajstić information content (AvgIpc) is 2.21. The Balaban J connectivity index is 2.78. The van der Waals surface area contributed by atoms with E-state index < -0.39 is 0 Å². The van der Waals surface area contributed by atoms with Crippen LogP contribution in [-0.2, 0) is 4.74 Å². The highest BCUT2D eigenvalue weighted by Crippen LogP contribution is 1.99. The van der Waals surface area contributed by atoms with Gasteiger partial charge in [0, 0.05) is 19.0 Å².